The highest BCUT2D eigenvalue weighted by atomic mass is 14.7. The second kappa shape index (κ2) is 4.66. The molecule has 0 fully saturated rings. The number of hydrogen-bond donors (Lipinski definition) is 0. The topological polar surface area (TPSA) is 12.9 Å². The zero-order chi connectivity index (χ0) is 14.2. The van der Waals surface area contributed by atoms with Crippen LogP contribution in [0, 0.1) is 13.0 Å². The average Bonchev–Trinajstić information content (AvgIpc) is 2.54. The van der Waals surface area contributed by atoms with Gasteiger partial charge in [0.25, 0.3) is 0 Å². The number of hydrogen-bond acceptors (Lipinski definition) is 1. The molecule has 0 unspecified atom stereocenters. The number of aromatic nitrogens is 1. The van der Waals surface area contributed by atoms with Crippen LogP contribution in [-0.2, 0) is 0 Å². The number of aryl methyl sites for hydroxylation is 1. The van der Waals surface area contributed by atoms with E-state index in [1.807, 2.05) is 12.1 Å². The number of rotatable bonds is 1. The quantitative estimate of drug-likeness (QED) is 0.577. The van der Waals surface area contributed by atoms with Crippen LogP contribution in [0.4, 0.5) is 0 Å². The van der Waals surface area contributed by atoms with Gasteiger partial charge in [0.1, 0.15) is 0 Å². The summed E-state index contributed by atoms with van der Waals surface area (Å²) < 4.78 is 0. The Morgan fingerprint density at radius 1 is 0.952 bits per heavy atom. The molecule has 0 spiro atoms. The van der Waals surface area contributed by atoms with E-state index in [1.54, 1.807) is 0 Å². The maximum Gasteiger partial charge on any atom is 0.181 e. The lowest BCUT2D eigenvalue weighted by molar-refractivity contribution is 1.30. The minimum Gasteiger partial charge on any atom is -0.198 e. The third-order valence-electron chi connectivity index (χ3n) is 3.90. The highest BCUT2D eigenvalue weighted by Gasteiger charge is 2.22. The highest BCUT2D eigenvalue weighted by Crippen LogP contribution is 2.30. The van der Waals surface area contributed by atoms with Gasteiger partial charge in [-0.25, -0.2) is 0 Å². The standard InChI is InChI=1S/C20H14N/c1-14-13-20(21-19-12-5-4-9-16(14)19)18-11-6-8-15-7-2-3-10-17(15)18/h2-10,12-13H,1H3/q+1. The molecular formula is C20H14N+. The van der Waals surface area contributed by atoms with Gasteiger partial charge in [-0.2, -0.15) is 4.98 Å². The van der Waals surface area contributed by atoms with Crippen LogP contribution < -0.4 is 0 Å². The Labute approximate surface area is 124 Å². The fourth-order valence-corrected chi connectivity index (χ4v) is 2.85. The van der Waals surface area contributed by atoms with Crippen molar-refractivity contribution in [3.05, 3.63) is 89.1 Å². The molecule has 98 valence electrons. The van der Waals surface area contributed by atoms with Gasteiger partial charge in [-0.1, -0.05) is 30.3 Å². The molecule has 1 nitrogen and oxygen atoms in total. The summed E-state index contributed by atoms with van der Waals surface area (Å²) in [5.41, 5.74) is 6.76. The normalized spacial score (nSPS) is 12.7. The predicted octanol–water partition coefficient (Wildman–Crippen LogP) is 4.80. The molecule has 0 bridgehead atoms. The van der Waals surface area contributed by atoms with Crippen molar-refractivity contribution in [2.45, 2.75) is 6.92 Å². The minimum absolute atomic E-state index is 0.989. The lowest BCUT2D eigenvalue weighted by atomic mass is 9.92. The predicted molar refractivity (Wildman–Crippen MR) is 87.7 cm³/mol. The van der Waals surface area contributed by atoms with Crippen LogP contribution in [0.1, 0.15) is 22.4 Å². The number of pyridine rings is 1. The SMILES string of the molecule is Cc1cc(C2=[C+]C=Cc3ccccc32)nc2ccccc12. The number of para-hydroxylation sites is 1. The number of fused-ring (bicyclic) bond motifs is 2. The molecule has 0 radical (unpaired) electrons. The first kappa shape index (κ1) is 12.0. The molecule has 3 aromatic rings. The second-order valence-corrected chi connectivity index (χ2v) is 5.28. The van der Waals surface area contributed by atoms with Crippen molar-refractivity contribution in [2.24, 2.45) is 0 Å². The van der Waals surface area contributed by atoms with Crippen LogP contribution in [0.2, 0.25) is 0 Å². The average molecular weight is 268 g/mol. The molecule has 1 aromatic heterocycles. The van der Waals surface area contributed by atoms with Gasteiger partial charge < -0.3 is 0 Å². The van der Waals surface area contributed by atoms with Gasteiger partial charge in [0.15, 0.2) is 11.3 Å². The van der Waals surface area contributed by atoms with Crippen molar-refractivity contribution >= 4 is 22.6 Å². The molecule has 0 saturated heterocycles. The molecule has 2 aromatic carbocycles. The maximum atomic E-state index is 4.83. The van der Waals surface area contributed by atoms with Crippen molar-refractivity contribution in [1.29, 1.82) is 0 Å². The molecule has 0 saturated carbocycles. The van der Waals surface area contributed by atoms with E-state index in [2.05, 4.69) is 67.6 Å². The third kappa shape index (κ3) is 1.96. The summed E-state index contributed by atoms with van der Waals surface area (Å²) in [6.45, 7) is 2.14. The van der Waals surface area contributed by atoms with E-state index in [9.17, 15) is 0 Å². The Bertz CT molecular complexity index is 901. The first-order chi connectivity index (χ1) is 10.3. The molecule has 1 heterocycles. The number of benzene rings is 2. The molecular weight excluding hydrogens is 254 g/mol. The van der Waals surface area contributed by atoms with Crippen LogP contribution in [0.5, 0.6) is 0 Å². The first-order valence-electron chi connectivity index (χ1n) is 7.09. The van der Waals surface area contributed by atoms with E-state index in [-0.39, 0.29) is 0 Å². The zero-order valence-corrected chi connectivity index (χ0v) is 11.8. The first-order valence-corrected chi connectivity index (χ1v) is 7.09. The molecule has 21 heavy (non-hydrogen) atoms. The summed E-state index contributed by atoms with van der Waals surface area (Å²) in [6.07, 6.45) is 7.42. The van der Waals surface area contributed by atoms with E-state index in [0.29, 0.717) is 0 Å². The lowest BCUT2D eigenvalue weighted by Crippen LogP contribution is -1.98. The van der Waals surface area contributed by atoms with E-state index in [1.165, 1.54) is 22.1 Å². The molecule has 1 aliphatic rings. The van der Waals surface area contributed by atoms with E-state index < -0.39 is 0 Å². The summed E-state index contributed by atoms with van der Waals surface area (Å²) in [4.78, 5) is 4.83. The molecule has 4 rings (SSSR count). The summed E-state index contributed by atoms with van der Waals surface area (Å²) in [5, 5.41) is 1.21. The highest BCUT2D eigenvalue weighted by molar-refractivity contribution is 5.90. The van der Waals surface area contributed by atoms with Crippen molar-refractivity contribution in [1.82, 2.24) is 4.98 Å². The number of nitrogens with zero attached hydrogens (tertiary/aromatic N) is 1. The molecule has 0 aliphatic heterocycles. The summed E-state index contributed by atoms with van der Waals surface area (Å²) in [7, 11) is 0. The molecule has 0 N–H and O–H groups in total. The van der Waals surface area contributed by atoms with Crippen LogP contribution >= 0.6 is 0 Å². The minimum atomic E-state index is 0.989. The fourth-order valence-electron chi connectivity index (χ4n) is 2.85. The molecule has 1 heteroatoms. The Hall–Kier alpha value is -2.76. The Morgan fingerprint density at radius 2 is 1.76 bits per heavy atom. The summed E-state index contributed by atoms with van der Waals surface area (Å²) in [5.74, 6) is 0. The number of allylic oxidation sites excluding steroid dienone is 2. The van der Waals surface area contributed by atoms with Gasteiger partial charge in [-0.15, -0.1) is 0 Å². The van der Waals surface area contributed by atoms with Crippen molar-refractivity contribution in [3.8, 4) is 0 Å². The Balaban J connectivity index is 1.96. The van der Waals surface area contributed by atoms with Gasteiger partial charge in [0, 0.05) is 23.6 Å². The largest absolute Gasteiger partial charge is 0.198 e. The van der Waals surface area contributed by atoms with Crippen LogP contribution in [0.25, 0.3) is 22.6 Å². The summed E-state index contributed by atoms with van der Waals surface area (Å²) in [6, 6.07) is 18.8. The smallest absolute Gasteiger partial charge is 0.181 e. The van der Waals surface area contributed by atoms with Gasteiger partial charge in [0.2, 0.25) is 0 Å². The lowest BCUT2D eigenvalue weighted by Gasteiger charge is -2.07. The molecule has 0 amide bonds. The zero-order valence-electron chi connectivity index (χ0n) is 11.8. The molecule has 1 aliphatic carbocycles. The Kier molecular flexibility index (Phi) is 2.67. The fraction of sp³-hybridized carbons (Fsp3) is 0.0500. The van der Waals surface area contributed by atoms with Crippen molar-refractivity contribution in [2.75, 3.05) is 0 Å². The van der Waals surface area contributed by atoms with Crippen LogP contribution in [0.15, 0.2) is 60.7 Å². The second-order valence-electron chi connectivity index (χ2n) is 5.28. The van der Waals surface area contributed by atoms with Crippen molar-refractivity contribution < 1.29 is 0 Å². The van der Waals surface area contributed by atoms with Crippen LogP contribution in [-0.4, -0.2) is 4.98 Å². The summed E-state index contributed by atoms with van der Waals surface area (Å²) >= 11 is 0. The molecule has 0 atom stereocenters. The van der Waals surface area contributed by atoms with E-state index >= 15 is 0 Å². The van der Waals surface area contributed by atoms with Gasteiger partial charge in [-0.3, -0.25) is 0 Å². The van der Waals surface area contributed by atoms with Crippen LogP contribution in [0.3, 0.4) is 0 Å². The maximum absolute atomic E-state index is 4.83. The third-order valence-corrected chi connectivity index (χ3v) is 3.90. The Morgan fingerprint density at radius 3 is 2.71 bits per heavy atom. The van der Waals surface area contributed by atoms with Crippen molar-refractivity contribution in [3.63, 3.8) is 0 Å². The van der Waals surface area contributed by atoms with Gasteiger partial charge in [0.05, 0.1) is 22.7 Å². The van der Waals surface area contributed by atoms with E-state index in [4.69, 9.17) is 4.98 Å². The van der Waals surface area contributed by atoms with Gasteiger partial charge >= 0.3 is 0 Å². The van der Waals surface area contributed by atoms with E-state index in [0.717, 1.165) is 16.8 Å². The monoisotopic (exact) mass is 268 g/mol. The van der Waals surface area contributed by atoms with Gasteiger partial charge in [-0.05, 0) is 30.7 Å².